The summed E-state index contributed by atoms with van der Waals surface area (Å²) in [4.78, 5) is 0. The first-order chi connectivity index (χ1) is 8.38. The highest BCUT2D eigenvalue weighted by Gasteiger charge is 2.12. The van der Waals surface area contributed by atoms with Crippen LogP contribution in [0.4, 0.5) is 0 Å². The van der Waals surface area contributed by atoms with E-state index >= 15 is 0 Å². The number of ether oxygens (including phenoxy) is 1. The van der Waals surface area contributed by atoms with Crippen molar-refractivity contribution in [2.75, 3.05) is 6.61 Å². The van der Waals surface area contributed by atoms with Crippen molar-refractivity contribution in [3.8, 4) is 0 Å². The molecule has 1 rings (SSSR count). The van der Waals surface area contributed by atoms with Crippen LogP contribution < -0.4 is 5.32 Å². The van der Waals surface area contributed by atoms with Crippen molar-refractivity contribution in [2.24, 2.45) is 5.92 Å². The van der Waals surface area contributed by atoms with Crippen LogP contribution in [0.3, 0.4) is 0 Å². The van der Waals surface area contributed by atoms with E-state index < -0.39 is 0 Å². The number of rotatable bonds is 7. The van der Waals surface area contributed by atoms with Gasteiger partial charge in [-0.25, -0.2) is 0 Å². The van der Waals surface area contributed by atoms with Crippen LogP contribution in [0.5, 0.6) is 0 Å². The lowest BCUT2D eigenvalue weighted by molar-refractivity contribution is 0.109. The molecule has 0 fully saturated rings. The maximum atomic E-state index is 5.67. The van der Waals surface area contributed by atoms with Crippen molar-refractivity contribution >= 4 is 0 Å². The lowest BCUT2D eigenvalue weighted by atomic mass is 10.1. The van der Waals surface area contributed by atoms with Gasteiger partial charge in [0.05, 0.1) is 19.4 Å². The molecule has 18 heavy (non-hydrogen) atoms. The smallest absolute Gasteiger partial charge is 0.123 e. The van der Waals surface area contributed by atoms with Crippen molar-refractivity contribution < 1.29 is 9.15 Å². The number of hydrogen-bond acceptors (Lipinski definition) is 3. The Labute approximate surface area is 111 Å². The Morgan fingerprint density at radius 1 is 1.33 bits per heavy atom. The largest absolute Gasteiger partial charge is 0.468 e. The summed E-state index contributed by atoms with van der Waals surface area (Å²) >= 11 is 0. The molecule has 0 atom stereocenters. The summed E-state index contributed by atoms with van der Waals surface area (Å²) in [7, 11) is 0. The molecule has 1 N–H and O–H groups in total. The molecule has 1 heterocycles. The predicted octanol–water partition coefficient (Wildman–Crippen LogP) is 3.73. The summed E-state index contributed by atoms with van der Waals surface area (Å²) in [5, 5.41) is 3.42. The van der Waals surface area contributed by atoms with Gasteiger partial charge in [0.15, 0.2) is 0 Å². The first-order valence-corrected chi connectivity index (χ1v) is 6.76. The summed E-state index contributed by atoms with van der Waals surface area (Å²) in [6.45, 7) is 13.1. The van der Waals surface area contributed by atoms with E-state index in [0.717, 1.165) is 30.9 Å². The van der Waals surface area contributed by atoms with E-state index in [1.54, 1.807) is 6.26 Å². The fraction of sp³-hybridized carbons (Fsp3) is 0.733. The molecule has 1 aromatic heterocycles. The lowest BCUT2D eigenvalue weighted by Gasteiger charge is -2.20. The average molecular weight is 253 g/mol. The van der Waals surface area contributed by atoms with Crippen LogP contribution in [0.25, 0.3) is 0 Å². The second kappa shape index (κ2) is 6.95. The van der Waals surface area contributed by atoms with Gasteiger partial charge in [-0.15, -0.1) is 0 Å². The Kier molecular flexibility index (Phi) is 5.89. The first-order valence-electron chi connectivity index (χ1n) is 6.76. The van der Waals surface area contributed by atoms with Gasteiger partial charge < -0.3 is 14.5 Å². The Morgan fingerprint density at radius 3 is 2.67 bits per heavy atom. The van der Waals surface area contributed by atoms with Gasteiger partial charge in [-0.2, -0.15) is 0 Å². The molecule has 0 radical (unpaired) electrons. The number of hydrogen-bond donors (Lipinski definition) is 1. The molecule has 0 saturated carbocycles. The molecule has 0 saturated heterocycles. The maximum absolute atomic E-state index is 5.67. The molecule has 0 aromatic carbocycles. The van der Waals surface area contributed by atoms with Crippen LogP contribution in [0.1, 0.15) is 52.4 Å². The van der Waals surface area contributed by atoms with Crippen molar-refractivity contribution in [1.29, 1.82) is 0 Å². The van der Waals surface area contributed by atoms with Crippen molar-refractivity contribution in [3.05, 3.63) is 23.7 Å². The fourth-order valence-electron chi connectivity index (χ4n) is 1.50. The Morgan fingerprint density at radius 2 is 2.06 bits per heavy atom. The van der Waals surface area contributed by atoms with Crippen LogP contribution in [-0.4, -0.2) is 12.1 Å². The second-order valence-corrected chi connectivity index (χ2v) is 6.21. The summed E-state index contributed by atoms with van der Waals surface area (Å²) in [6, 6.07) is 2.00. The quantitative estimate of drug-likeness (QED) is 0.752. The van der Waals surface area contributed by atoms with Gasteiger partial charge >= 0.3 is 0 Å². The molecule has 3 heteroatoms. The van der Waals surface area contributed by atoms with Crippen molar-refractivity contribution in [2.45, 2.75) is 59.7 Å². The van der Waals surface area contributed by atoms with E-state index in [2.05, 4.69) is 39.9 Å². The molecule has 0 aliphatic heterocycles. The molecule has 0 aliphatic carbocycles. The predicted molar refractivity (Wildman–Crippen MR) is 74.4 cm³/mol. The summed E-state index contributed by atoms with van der Waals surface area (Å²) in [5.74, 6) is 1.67. The van der Waals surface area contributed by atoms with E-state index in [-0.39, 0.29) is 5.54 Å². The zero-order valence-electron chi connectivity index (χ0n) is 12.4. The molecule has 0 spiro atoms. The topological polar surface area (TPSA) is 34.4 Å². The second-order valence-electron chi connectivity index (χ2n) is 6.21. The fourth-order valence-corrected chi connectivity index (χ4v) is 1.50. The zero-order chi connectivity index (χ0) is 13.6. The van der Waals surface area contributed by atoms with Gasteiger partial charge in [0.2, 0.25) is 0 Å². The zero-order valence-corrected chi connectivity index (χ0v) is 12.4. The highest BCUT2D eigenvalue weighted by molar-refractivity contribution is 5.16. The summed E-state index contributed by atoms with van der Waals surface area (Å²) < 4.78 is 11.2. The van der Waals surface area contributed by atoms with Crippen LogP contribution in [0, 0.1) is 5.92 Å². The van der Waals surface area contributed by atoms with E-state index in [1.165, 1.54) is 0 Å². The van der Waals surface area contributed by atoms with E-state index in [1.807, 2.05) is 6.07 Å². The van der Waals surface area contributed by atoms with Crippen molar-refractivity contribution in [3.63, 3.8) is 0 Å². The number of furan rings is 1. The lowest BCUT2D eigenvalue weighted by Crippen LogP contribution is -2.35. The van der Waals surface area contributed by atoms with Crippen LogP contribution >= 0.6 is 0 Å². The first kappa shape index (κ1) is 15.3. The van der Waals surface area contributed by atoms with E-state index in [4.69, 9.17) is 9.15 Å². The van der Waals surface area contributed by atoms with Gasteiger partial charge in [-0.1, -0.05) is 13.8 Å². The maximum Gasteiger partial charge on any atom is 0.123 e. The van der Waals surface area contributed by atoms with Gasteiger partial charge in [0.25, 0.3) is 0 Å². The number of nitrogens with one attached hydrogen (secondary N) is 1. The molecule has 0 unspecified atom stereocenters. The van der Waals surface area contributed by atoms with Gasteiger partial charge in [-0.3, -0.25) is 0 Å². The Hall–Kier alpha value is -0.800. The van der Waals surface area contributed by atoms with E-state index in [0.29, 0.717) is 12.5 Å². The van der Waals surface area contributed by atoms with Crippen molar-refractivity contribution in [1.82, 2.24) is 5.32 Å². The van der Waals surface area contributed by atoms with E-state index in [9.17, 15) is 0 Å². The third kappa shape index (κ3) is 6.22. The van der Waals surface area contributed by atoms with Crippen LogP contribution in [-0.2, 0) is 17.9 Å². The van der Waals surface area contributed by atoms with Crippen LogP contribution in [0.2, 0.25) is 0 Å². The summed E-state index contributed by atoms with van der Waals surface area (Å²) in [5.41, 5.74) is 1.25. The minimum atomic E-state index is 0.0998. The SMILES string of the molecule is CC(C)CCOCc1ccoc1CNC(C)(C)C. The summed E-state index contributed by atoms with van der Waals surface area (Å²) in [6.07, 6.45) is 2.84. The monoisotopic (exact) mass is 253 g/mol. The highest BCUT2D eigenvalue weighted by Crippen LogP contribution is 2.14. The molecule has 0 bridgehead atoms. The standard InChI is InChI=1S/C15H27NO2/c1-12(2)6-8-17-11-13-7-9-18-14(13)10-16-15(3,4)5/h7,9,12,16H,6,8,10-11H2,1-5H3. The molecule has 0 aliphatic rings. The molecular formula is C15H27NO2. The Balaban J connectivity index is 2.35. The van der Waals surface area contributed by atoms with Gasteiger partial charge in [-0.05, 0) is 39.2 Å². The molecule has 3 nitrogen and oxygen atoms in total. The third-order valence-electron chi connectivity index (χ3n) is 2.71. The third-order valence-corrected chi connectivity index (χ3v) is 2.71. The highest BCUT2D eigenvalue weighted by atomic mass is 16.5. The minimum absolute atomic E-state index is 0.0998. The average Bonchev–Trinajstić information content (AvgIpc) is 2.68. The van der Waals surface area contributed by atoms with Gasteiger partial charge in [0, 0.05) is 17.7 Å². The van der Waals surface area contributed by atoms with Gasteiger partial charge in [0.1, 0.15) is 5.76 Å². The molecule has 104 valence electrons. The molecule has 1 aromatic rings. The minimum Gasteiger partial charge on any atom is -0.468 e. The molecule has 0 amide bonds. The molecular weight excluding hydrogens is 226 g/mol. The Bertz CT molecular complexity index is 337. The van der Waals surface area contributed by atoms with Crippen LogP contribution in [0.15, 0.2) is 16.7 Å². The normalized spacial score (nSPS) is 12.3.